The molecule has 0 aromatic carbocycles. The highest BCUT2D eigenvalue weighted by atomic mass is 16.3. The Hall–Kier alpha value is -0.300. The van der Waals surface area contributed by atoms with E-state index >= 15 is 0 Å². The highest BCUT2D eigenvalue weighted by Gasteiger charge is 2.35. The summed E-state index contributed by atoms with van der Waals surface area (Å²) in [6, 6.07) is 0. The van der Waals surface area contributed by atoms with E-state index in [2.05, 4.69) is 19.1 Å². The van der Waals surface area contributed by atoms with Crippen LogP contribution < -0.4 is 0 Å². The molecule has 3 unspecified atom stereocenters. The second-order valence-electron chi connectivity index (χ2n) is 3.75. The van der Waals surface area contributed by atoms with E-state index in [1.54, 1.807) is 0 Å². The van der Waals surface area contributed by atoms with Crippen LogP contribution in [0.5, 0.6) is 0 Å². The number of rotatable bonds is 0. The molecule has 56 valence electrons. The molecule has 0 heterocycles. The van der Waals surface area contributed by atoms with Gasteiger partial charge < -0.3 is 5.11 Å². The third-order valence-corrected chi connectivity index (χ3v) is 2.90. The zero-order valence-electron chi connectivity index (χ0n) is 6.33. The predicted molar refractivity (Wildman–Crippen MR) is 40.5 cm³/mol. The second-order valence-corrected chi connectivity index (χ2v) is 3.75. The van der Waals surface area contributed by atoms with Crippen LogP contribution in [-0.2, 0) is 0 Å². The van der Waals surface area contributed by atoms with Gasteiger partial charge in [-0.2, -0.15) is 0 Å². The second kappa shape index (κ2) is 2.09. The van der Waals surface area contributed by atoms with E-state index in [0.717, 1.165) is 5.92 Å². The van der Waals surface area contributed by atoms with Gasteiger partial charge in [-0.25, -0.2) is 0 Å². The Bertz CT molecular complexity index is 162. The van der Waals surface area contributed by atoms with Gasteiger partial charge in [-0.05, 0) is 24.7 Å². The van der Waals surface area contributed by atoms with Gasteiger partial charge >= 0.3 is 0 Å². The van der Waals surface area contributed by atoms with E-state index in [4.69, 9.17) is 0 Å². The summed E-state index contributed by atoms with van der Waals surface area (Å²) in [6.07, 6.45) is 6.80. The Labute approximate surface area is 61.8 Å². The third-order valence-electron chi connectivity index (χ3n) is 2.90. The Morgan fingerprint density at radius 2 is 2.10 bits per heavy atom. The summed E-state index contributed by atoms with van der Waals surface area (Å²) >= 11 is 0. The van der Waals surface area contributed by atoms with Gasteiger partial charge in [-0.15, -0.1) is 0 Å². The molecule has 1 fully saturated rings. The lowest BCUT2D eigenvalue weighted by Gasteiger charge is -2.30. The smallest absolute Gasteiger partial charge is 0.0628 e. The molecule has 2 aliphatic rings. The van der Waals surface area contributed by atoms with Crippen LogP contribution in [0.15, 0.2) is 12.2 Å². The minimum absolute atomic E-state index is 0.0602. The Morgan fingerprint density at radius 3 is 2.90 bits per heavy atom. The average molecular weight is 138 g/mol. The molecule has 0 aliphatic heterocycles. The van der Waals surface area contributed by atoms with Crippen molar-refractivity contribution in [2.75, 3.05) is 0 Å². The van der Waals surface area contributed by atoms with E-state index in [0.29, 0.717) is 11.8 Å². The molecule has 0 radical (unpaired) electrons. The molecule has 0 aromatic rings. The largest absolute Gasteiger partial charge is 0.392 e. The molecule has 0 amide bonds. The van der Waals surface area contributed by atoms with Crippen molar-refractivity contribution in [2.24, 2.45) is 17.8 Å². The molecule has 2 aliphatic carbocycles. The summed E-state index contributed by atoms with van der Waals surface area (Å²) in [7, 11) is 0. The van der Waals surface area contributed by atoms with Gasteiger partial charge in [-0.1, -0.05) is 19.1 Å². The van der Waals surface area contributed by atoms with Crippen LogP contribution >= 0.6 is 0 Å². The number of aliphatic hydroxyl groups is 1. The summed E-state index contributed by atoms with van der Waals surface area (Å²) in [5, 5.41) is 9.61. The number of allylic oxidation sites excluding steroid dienone is 1. The van der Waals surface area contributed by atoms with Crippen LogP contribution in [0.4, 0.5) is 0 Å². The summed E-state index contributed by atoms with van der Waals surface area (Å²) in [5.41, 5.74) is 0. The standard InChI is InChI=1S/C9H14O/c1-6-4-7-2-3-8(5-7)9(6)10/h2-3,6-10H,4-5H2,1H3/t6-,7?,8?,9?/m1/s1. The molecule has 0 spiro atoms. The average Bonchev–Trinajstić information content (AvgIpc) is 2.29. The van der Waals surface area contributed by atoms with Crippen molar-refractivity contribution in [1.29, 1.82) is 0 Å². The van der Waals surface area contributed by atoms with Crippen molar-refractivity contribution in [3.05, 3.63) is 12.2 Å². The fourth-order valence-electron chi connectivity index (χ4n) is 2.27. The molecule has 0 aromatic heterocycles. The Balaban J connectivity index is 2.16. The monoisotopic (exact) mass is 138 g/mol. The lowest BCUT2D eigenvalue weighted by atomic mass is 9.79. The van der Waals surface area contributed by atoms with Gasteiger partial charge in [0.2, 0.25) is 0 Å². The maximum absolute atomic E-state index is 9.61. The molecule has 2 rings (SSSR count). The molecule has 10 heavy (non-hydrogen) atoms. The first-order chi connectivity index (χ1) is 4.77. The zero-order valence-corrected chi connectivity index (χ0v) is 6.33. The van der Waals surface area contributed by atoms with Gasteiger partial charge in [0, 0.05) is 5.92 Å². The molecular formula is C9H14O. The van der Waals surface area contributed by atoms with Crippen molar-refractivity contribution in [2.45, 2.75) is 25.9 Å². The first kappa shape index (κ1) is 6.41. The normalized spacial score (nSPS) is 51.8. The molecule has 0 saturated heterocycles. The maximum Gasteiger partial charge on any atom is 0.0628 e. The van der Waals surface area contributed by atoms with Gasteiger partial charge in [-0.3, -0.25) is 0 Å². The van der Waals surface area contributed by atoms with Crippen molar-refractivity contribution in [1.82, 2.24) is 0 Å². The molecule has 4 atom stereocenters. The fourth-order valence-corrected chi connectivity index (χ4v) is 2.27. The van der Waals surface area contributed by atoms with Crippen molar-refractivity contribution < 1.29 is 5.11 Å². The summed E-state index contributed by atoms with van der Waals surface area (Å²) < 4.78 is 0. The Kier molecular flexibility index (Phi) is 1.34. The summed E-state index contributed by atoms with van der Waals surface area (Å²) in [5.74, 6) is 1.77. The van der Waals surface area contributed by atoms with E-state index in [1.807, 2.05) is 0 Å². The van der Waals surface area contributed by atoms with Crippen LogP contribution in [0, 0.1) is 17.8 Å². The van der Waals surface area contributed by atoms with Crippen molar-refractivity contribution in [3.63, 3.8) is 0 Å². The first-order valence-electron chi connectivity index (χ1n) is 4.14. The van der Waals surface area contributed by atoms with Crippen LogP contribution in [0.25, 0.3) is 0 Å². The third kappa shape index (κ3) is 0.807. The zero-order chi connectivity index (χ0) is 7.14. The lowest BCUT2D eigenvalue weighted by molar-refractivity contribution is 0.0404. The number of hydrogen-bond acceptors (Lipinski definition) is 1. The molecule has 1 heteroatoms. The summed E-state index contributed by atoms with van der Waals surface area (Å²) in [4.78, 5) is 0. The number of fused-ring (bicyclic) bond motifs is 2. The van der Waals surface area contributed by atoms with Gasteiger partial charge in [0.05, 0.1) is 6.10 Å². The SMILES string of the molecule is C[C@@H]1CC2C=CC(C2)C1O. The molecule has 2 bridgehead atoms. The first-order valence-corrected chi connectivity index (χ1v) is 4.14. The quantitative estimate of drug-likeness (QED) is 0.504. The molecule has 1 N–H and O–H groups in total. The minimum Gasteiger partial charge on any atom is -0.392 e. The lowest BCUT2D eigenvalue weighted by Crippen LogP contribution is -2.31. The maximum atomic E-state index is 9.61. The van der Waals surface area contributed by atoms with Crippen molar-refractivity contribution >= 4 is 0 Å². The number of hydrogen-bond donors (Lipinski definition) is 1. The Morgan fingerprint density at radius 1 is 1.30 bits per heavy atom. The van der Waals surface area contributed by atoms with Gasteiger partial charge in [0.25, 0.3) is 0 Å². The van der Waals surface area contributed by atoms with Crippen LogP contribution in [0.3, 0.4) is 0 Å². The van der Waals surface area contributed by atoms with E-state index in [-0.39, 0.29) is 6.10 Å². The highest BCUT2D eigenvalue weighted by Crippen LogP contribution is 2.39. The number of aliphatic hydroxyl groups excluding tert-OH is 1. The molecular weight excluding hydrogens is 124 g/mol. The molecule has 1 saturated carbocycles. The molecule has 1 nitrogen and oxygen atoms in total. The van der Waals surface area contributed by atoms with Gasteiger partial charge in [0.15, 0.2) is 0 Å². The summed E-state index contributed by atoms with van der Waals surface area (Å²) in [6.45, 7) is 2.15. The van der Waals surface area contributed by atoms with Crippen LogP contribution in [-0.4, -0.2) is 11.2 Å². The van der Waals surface area contributed by atoms with E-state index in [1.165, 1.54) is 12.8 Å². The highest BCUT2D eigenvalue weighted by molar-refractivity contribution is 5.08. The van der Waals surface area contributed by atoms with Crippen molar-refractivity contribution in [3.8, 4) is 0 Å². The van der Waals surface area contributed by atoms with Gasteiger partial charge in [0.1, 0.15) is 0 Å². The fraction of sp³-hybridized carbons (Fsp3) is 0.778. The minimum atomic E-state index is -0.0602. The van der Waals surface area contributed by atoms with E-state index in [9.17, 15) is 5.11 Å². The van der Waals surface area contributed by atoms with E-state index < -0.39 is 0 Å². The topological polar surface area (TPSA) is 20.2 Å². The predicted octanol–water partition coefficient (Wildman–Crippen LogP) is 1.58. The van der Waals surface area contributed by atoms with Crippen LogP contribution in [0.2, 0.25) is 0 Å². The van der Waals surface area contributed by atoms with Crippen LogP contribution in [0.1, 0.15) is 19.8 Å².